The summed E-state index contributed by atoms with van der Waals surface area (Å²) in [6.45, 7) is 0.236. The van der Waals surface area contributed by atoms with Gasteiger partial charge in [0.15, 0.2) is 0 Å². The molecule has 4 rings (SSSR count). The van der Waals surface area contributed by atoms with Crippen molar-refractivity contribution in [3.63, 3.8) is 0 Å². The Morgan fingerprint density at radius 3 is 2.16 bits per heavy atom. The summed E-state index contributed by atoms with van der Waals surface area (Å²) in [4.78, 5) is 28.5. The second kappa shape index (κ2) is 12.2. The third kappa shape index (κ3) is 6.99. The highest BCUT2D eigenvalue weighted by Crippen LogP contribution is 2.26. The molecule has 9 heteroatoms. The Morgan fingerprint density at radius 2 is 1.58 bits per heavy atom. The normalized spacial score (nSPS) is 13.9. The number of methoxy groups -OCH3 is 1. The minimum absolute atomic E-state index is 0.0341. The van der Waals surface area contributed by atoms with Gasteiger partial charge < -0.3 is 15.0 Å². The van der Waals surface area contributed by atoms with E-state index in [1.54, 1.807) is 43.3 Å². The van der Waals surface area contributed by atoms with Crippen LogP contribution in [0.5, 0.6) is 5.75 Å². The lowest BCUT2D eigenvalue weighted by molar-refractivity contribution is -0.141. The van der Waals surface area contributed by atoms with Crippen LogP contribution in [0, 0.1) is 0 Å². The summed E-state index contributed by atoms with van der Waals surface area (Å²) in [7, 11) is -0.383. The van der Waals surface area contributed by atoms with Crippen LogP contribution < -0.4 is 14.8 Å². The summed E-state index contributed by atoms with van der Waals surface area (Å²) >= 11 is 0. The van der Waals surface area contributed by atoms with E-state index in [9.17, 15) is 18.0 Å². The molecule has 8 nitrogen and oxygen atoms in total. The molecule has 1 aliphatic carbocycles. The van der Waals surface area contributed by atoms with Gasteiger partial charge in [0.2, 0.25) is 21.8 Å². The summed E-state index contributed by atoms with van der Waals surface area (Å²) in [5.74, 6) is 0.233. The van der Waals surface area contributed by atoms with Crippen molar-refractivity contribution in [3.8, 4) is 5.75 Å². The van der Waals surface area contributed by atoms with Crippen LogP contribution in [0.25, 0.3) is 0 Å². The van der Waals surface area contributed by atoms with Crippen LogP contribution in [-0.2, 0) is 32.6 Å². The number of hydrogen-bond acceptors (Lipinski definition) is 5. The van der Waals surface area contributed by atoms with E-state index in [2.05, 4.69) is 10.0 Å². The highest BCUT2D eigenvalue weighted by molar-refractivity contribution is 7.89. The maximum Gasteiger partial charge on any atom is 0.247 e. The van der Waals surface area contributed by atoms with Gasteiger partial charge in [0, 0.05) is 26.1 Å². The number of rotatable bonds is 12. The minimum atomic E-state index is -3.53. The van der Waals surface area contributed by atoms with Crippen molar-refractivity contribution in [1.29, 1.82) is 0 Å². The number of hydrogen-bond donors (Lipinski definition) is 2. The van der Waals surface area contributed by atoms with E-state index in [0.29, 0.717) is 17.7 Å². The Morgan fingerprint density at radius 1 is 0.947 bits per heavy atom. The van der Waals surface area contributed by atoms with Crippen LogP contribution in [0.15, 0.2) is 83.8 Å². The van der Waals surface area contributed by atoms with Crippen LogP contribution in [0.2, 0.25) is 0 Å². The molecule has 0 radical (unpaired) electrons. The molecule has 0 bridgehead atoms. The van der Waals surface area contributed by atoms with E-state index in [4.69, 9.17) is 4.74 Å². The number of aryl methyl sites for hydroxylation is 1. The number of benzene rings is 3. The molecular weight excluding hydrogens is 502 g/mol. The summed E-state index contributed by atoms with van der Waals surface area (Å²) in [5.41, 5.74) is 2.41. The molecule has 1 saturated carbocycles. The number of nitrogens with one attached hydrogen (secondary N) is 2. The van der Waals surface area contributed by atoms with Gasteiger partial charge in [-0.1, -0.05) is 54.6 Å². The van der Waals surface area contributed by atoms with E-state index in [1.165, 1.54) is 0 Å². The van der Waals surface area contributed by atoms with Gasteiger partial charge in [0.1, 0.15) is 11.8 Å². The molecule has 3 aromatic carbocycles. The Hall–Kier alpha value is -3.69. The van der Waals surface area contributed by atoms with E-state index in [-0.39, 0.29) is 35.7 Å². The average molecular weight is 536 g/mol. The Bertz CT molecular complexity index is 1340. The molecule has 1 fully saturated rings. The van der Waals surface area contributed by atoms with Gasteiger partial charge >= 0.3 is 0 Å². The van der Waals surface area contributed by atoms with Crippen molar-refractivity contribution in [2.45, 2.75) is 49.2 Å². The number of carbonyl (C=O) groups is 2. The molecule has 38 heavy (non-hydrogen) atoms. The first kappa shape index (κ1) is 27.3. The Kier molecular flexibility index (Phi) is 8.81. The highest BCUT2D eigenvalue weighted by atomic mass is 32.2. The molecule has 0 aromatic heterocycles. The molecule has 3 aromatic rings. The van der Waals surface area contributed by atoms with Gasteiger partial charge in [-0.05, 0) is 60.2 Å². The van der Waals surface area contributed by atoms with Crippen LogP contribution in [0.3, 0.4) is 0 Å². The first-order chi connectivity index (χ1) is 18.3. The van der Waals surface area contributed by atoms with Crippen molar-refractivity contribution in [1.82, 2.24) is 14.9 Å². The summed E-state index contributed by atoms with van der Waals surface area (Å²) < 4.78 is 32.8. The molecule has 200 valence electrons. The van der Waals surface area contributed by atoms with Crippen molar-refractivity contribution >= 4 is 21.8 Å². The van der Waals surface area contributed by atoms with Crippen LogP contribution in [0.4, 0.5) is 0 Å². The fourth-order valence-electron chi connectivity index (χ4n) is 4.21. The largest absolute Gasteiger partial charge is 0.497 e. The zero-order valence-corrected chi connectivity index (χ0v) is 22.4. The number of sulfonamides is 1. The van der Waals surface area contributed by atoms with Crippen molar-refractivity contribution in [2.75, 3.05) is 14.2 Å². The second-order valence-electron chi connectivity index (χ2n) is 9.34. The van der Waals surface area contributed by atoms with E-state index >= 15 is 0 Å². The van der Waals surface area contributed by atoms with Gasteiger partial charge in [0.05, 0.1) is 12.0 Å². The molecular formula is C29H33N3O5S. The van der Waals surface area contributed by atoms with Gasteiger partial charge in [-0.15, -0.1) is 0 Å². The number of ether oxygens (including phenoxy) is 1. The maximum atomic E-state index is 13.6. The first-order valence-corrected chi connectivity index (χ1v) is 14.1. The number of likely N-dealkylation sites (N-methyl/N-ethyl adjacent to an activating group) is 1. The van der Waals surface area contributed by atoms with Gasteiger partial charge in [-0.25, -0.2) is 13.1 Å². The third-order valence-electron chi connectivity index (χ3n) is 6.51. The zero-order chi connectivity index (χ0) is 27.1. The van der Waals surface area contributed by atoms with Crippen molar-refractivity contribution in [3.05, 3.63) is 95.6 Å². The van der Waals surface area contributed by atoms with Crippen molar-refractivity contribution in [2.24, 2.45) is 0 Å². The number of nitrogens with zero attached hydrogens (tertiary/aromatic N) is 1. The number of amides is 2. The van der Waals surface area contributed by atoms with Crippen LogP contribution in [-0.4, -0.2) is 45.3 Å². The van der Waals surface area contributed by atoms with Gasteiger partial charge in [-0.3, -0.25) is 9.59 Å². The van der Waals surface area contributed by atoms with Crippen LogP contribution >= 0.6 is 0 Å². The second-order valence-corrected chi connectivity index (χ2v) is 11.1. The Balaban J connectivity index is 1.53. The SMILES string of the molecule is CNC(=O)C(c1ccccc1)N(Cc1ccc(OC)cc1)C(=O)CCc1ccc(S(=O)(=O)NC2CC2)cc1. The average Bonchev–Trinajstić information content (AvgIpc) is 3.75. The van der Waals surface area contributed by atoms with Crippen molar-refractivity contribution < 1.29 is 22.7 Å². The summed E-state index contributed by atoms with van der Waals surface area (Å²) in [6, 6.07) is 22.4. The minimum Gasteiger partial charge on any atom is -0.497 e. The van der Waals surface area contributed by atoms with Gasteiger partial charge in [-0.2, -0.15) is 0 Å². The molecule has 0 aliphatic heterocycles. The fourth-order valence-corrected chi connectivity index (χ4v) is 5.52. The monoisotopic (exact) mass is 535 g/mol. The van der Waals surface area contributed by atoms with E-state index in [1.807, 2.05) is 54.6 Å². The molecule has 0 spiro atoms. The molecule has 1 unspecified atom stereocenters. The lowest BCUT2D eigenvalue weighted by atomic mass is 10.0. The third-order valence-corrected chi connectivity index (χ3v) is 8.05. The number of carbonyl (C=O) groups excluding carboxylic acids is 2. The topological polar surface area (TPSA) is 105 Å². The van der Waals surface area contributed by atoms with Crippen LogP contribution in [0.1, 0.15) is 42.0 Å². The molecule has 0 saturated heterocycles. The zero-order valence-electron chi connectivity index (χ0n) is 21.6. The quantitative estimate of drug-likeness (QED) is 0.369. The van der Waals surface area contributed by atoms with Gasteiger partial charge in [0.25, 0.3) is 0 Å². The highest BCUT2D eigenvalue weighted by Gasteiger charge is 2.31. The lowest BCUT2D eigenvalue weighted by Crippen LogP contribution is -2.42. The lowest BCUT2D eigenvalue weighted by Gasteiger charge is -2.31. The summed E-state index contributed by atoms with van der Waals surface area (Å²) in [6.07, 6.45) is 2.30. The first-order valence-electron chi connectivity index (χ1n) is 12.6. The fraction of sp³-hybridized carbons (Fsp3) is 0.310. The maximum absolute atomic E-state index is 13.6. The molecule has 1 atom stereocenters. The summed E-state index contributed by atoms with van der Waals surface area (Å²) in [5, 5.41) is 2.70. The molecule has 1 aliphatic rings. The van der Waals surface area contributed by atoms with E-state index in [0.717, 1.165) is 24.0 Å². The molecule has 2 N–H and O–H groups in total. The van der Waals surface area contributed by atoms with E-state index < -0.39 is 16.1 Å². The predicted octanol–water partition coefficient (Wildman–Crippen LogP) is 3.58. The Labute approximate surface area is 224 Å². The smallest absolute Gasteiger partial charge is 0.247 e. The standard InChI is InChI=1S/C29H33N3O5S/c1-30-29(34)28(23-6-4-3-5-7-23)32(20-22-8-15-25(37-2)16-9-22)27(33)19-12-21-10-17-26(18-11-21)38(35,36)31-24-13-14-24/h3-11,15-18,24,28,31H,12-14,19-20H2,1-2H3,(H,30,34). The molecule has 2 amide bonds. The predicted molar refractivity (Wildman–Crippen MR) is 145 cm³/mol. The molecule has 0 heterocycles.